The van der Waals surface area contributed by atoms with Crippen LogP contribution in [-0.4, -0.2) is 29.3 Å². The van der Waals surface area contributed by atoms with Gasteiger partial charge in [-0.15, -0.1) is 10.2 Å². The molecule has 0 amide bonds. The SMILES string of the molecule is CCCn1c(=O)c2ccccc2n2c(SCc3nc(-c4ccc(C(F)(F)F)cc4)no3)nnc12. The van der Waals surface area contributed by atoms with Crippen LogP contribution >= 0.6 is 11.8 Å². The second kappa shape index (κ2) is 8.60. The van der Waals surface area contributed by atoms with Gasteiger partial charge in [0.2, 0.25) is 17.5 Å². The predicted octanol–water partition coefficient (Wildman–Crippen LogP) is 4.82. The van der Waals surface area contributed by atoms with E-state index < -0.39 is 11.7 Å². The number of hydrogen-bond donors (Lipinski definition) is 0. The molecule has 8 nitrogen and oxygen atoms in total. The van der Waals surface area contributed by atoms with Crippen LogP contribution < -0.4 is 5.56 Å². The number of aryl methyl sites for hydroxylation is 1. The minimum Gasteiger partial charge on any atom is -0.338 e. The first kappa shape index (κ1) is 22.1. The Labute approximate surface area is 194 Å². The normalized spacial score (nSPS) is 12.1. The van der Waals surface area contributed by atoms with Gasteiger partial charge in [-0.2, -0.15) is 18.2 Å². The summed E-state index contributed by atoms with van der Waals surface area (Å²) in [5.41, 5.74) is 0.240. The van der Waals surface area contributed by atoms with Crippen LogP contribution in [-0.2, 0) is 18.5 Å². The summed E-state index contributed by atoms with van der Waals surface area (Å²) in [5, 5.41) is 13.5. The van der Waals surface area contributed by atoms with Gasteiger partial charge < -0.3 is 4.52 Å². The van der Waals surface area contributed by atoms with Crippen LogP contribution in [0, 0.1) is 0 Å². The van der Waals surface area contributed by atoms with E-state index in [0.29, 0.717) is 33.9 Å². The van der Waals surface area contributed by atoms with Crippen LogP contribution in [0.15, 0.2) is 63.0 Å². The molecule has 0 radical (unpaired) electrons. The number of alkyl halides is 3. The average molecular weight is 486 g/mol. The standard InChI is InChI=1S/C22H17F3N6O2S/c1-2-11-30-19(32)15-5-3-4-6-16(15)31-20(30)27-28-21(31)34-12-17-26-18(29-33-17)13-7-9-14(10-8-13)22(23,24)25/h3-10H,2,11-12H2,1H3. The molecule has 0 spiro atoms. The fraction of sp³-hybridized carbons (Fsp3) is 0.227. The van der Waals surface area contributed by atoms with E-state index in [1.54, 1.807) is 10.6 Å². The van der Waals surface area contributed by atoms with Crippen molar-refractivity contribution in [1.82, 2.24) is 29.3 Å². The lowest BCUT2D eigenvalue weighted by Crippen LogP contribution is -2.23. The minimum atomic E-state index is -4.41. The molecule has 3 heterocycles. The van der Waals surface area contributed by atoms with Gasteiger partial charge in [-0.05, 0) is 30.7 Å². The molecule has 5 aromatic rings. The zero-order valence-corrected chi connectivity index (χ0v) is 18.6. The molecular weight excluding hydrogens is 469 g/mol. The van der Waals surface area contributed by atoms with Crippen LogP contribution in [0.2, 0.25) is 0 Å². The van der Waals surface area contributed by atoms with Gasteiger partial charge in [-0.3, -0.25) is 13.8 Å². The maximum atomic E-state index is 12.9. The second-order valence-electron chi connectivity index (χ2n) is 7.47. The molecule has 12 heteroatoms. The number of rotatable bonds is 6. The Morgan fingerprint density at radius 2 is 1.82 bits per heavy atom. The average Bonchev–Trinajstić information content (AvgIpc) is 3.47. The van der Waals surface area contributed by atoms with Crippen molar-refractivity contribution in [1.29, 1.82) is 0 Å². The molecule has 3 aromatic heterocycles. The fourth-order valence-corrected chi connectivity index (χ4v) is 4.40. The quantitative estimate of drug-likeness (QED) is 0.318. The van der Waals surface area contributed by atoms with Gasteiger partial charge in [0.1, 0.15) is 0 Å². The Morgan fingerprint density at radius 3 is 2.56 bits per heavy atom. The molecule has 34 heavy (non-hydrogen) atoms. The van der Waals surface area contributed by atoms with Crippen LogP contribution in [0.1, 0.15) is 24.8 Å². The van der Waals surface area contributed by atoms with Crippen molar-refractivity contribution in [3.63, 3.8) is 0 Å². The Hall–Kier alpha value is -3.67. The number of para-hydroxylation sites is 1. The van der Waals surface area contributed by atoms with Gasteiger partial charge in [-0.25, -0.2) is 0 Å². The van der Waals surface area contributed by atoms with E-state index in [-0.39, 0.29) is 23.0 Å². The molecule has 0 N–H and O–H groups in total. The topological polar surface area (TPSA) is 91.1 Å². The maximum absolute atomic E-state index is 12.9. The van der Waals surface area contributed by atoms with Gasteiger partial charge >= 0.3 is 6.18 Å². The zero-order valence-electron chi connectivity index (χ0n) is 17.8. The van der Waals surface area contributed by atoms with E-state index in [9.17, 15) is 18.0 Å². The highest BCUT2D eigenvalue weighted by molar-refractivity contribution is 7.98. The molecule has 0 saturated carbocycles. The third kappa shape index (κ3) is 3.94. The smallest absolute Gasteiger partial charge is 0.338 e. The van der Waals surface area contributed by atoms with Gasteiger partial charge in [-0.1, -0.05) is 48.1 Å². The third-order valence-corrected chi connectivity index (χ3v) is 6.10. The Balaban J connectivity index is 1.43. The summed E-state index contributed by atoms with van der Waals surface area (Å²) in [4.78, 5) is 17.2. The first-order valence-corrected chi connectivity index (χ1v) is 11.3. The summed E-state index contributed by atoms with van der Waals surface area (Å²) < 4.78 is 47.0. The number of fused-ring (bicyclic) bond motifs is 3. The van der Waals surface area contributed by atoms with Gasteiger partial charge in [0, 0.05) is 12.1 Å². The summed E-state index contributed by atoms with van der Waals surface area (Å²) in [7, 11) is 0. The lowest BCUT2D eigenvalue weighted by atomic mass is 10.1. The summed E-state index contributed by atoms with van der Waals surface area (Å²) in [6.07, 6.45) is -3.65. The minimum absolute atomic E-state index is 0.119. The first-order valence-electron chi connectivity index (χ1n) is 10.4. The molecule has 174 valence electrons. The van der Waals surface area contributed by atoms with E-state index in [4.69, 9.17) is 4.52 Å². The lowest BCUT2D eigenvalue weighted by Gasteiger charge is -2.10. The van der Waals surface area contributed by atoms with E-state index in [0.717, 1.165) is 18.6 Å². The van der Waals surface area contributed by atoms with Crippen molar-refractivity contribution < 1.29 is 17.7 Å². The fourth-order valence-electron chi connectivity index (χ4n) is 3.62. The number of benzene rings is 2. The molecule has 0 bridgehead atoms. The van der Waals surface area contributed by atoms with Crippen molar-refractivity contribution in [3.05, 3.63) is 70.3 Å². The van der Waals surface area contributed by atoms with Crippen LogP contribution in [0.3, 0.4) is 0 Å². The van der Waals surface area contributed by atoms with Crippen molar-refractivity contribution >= 4 is 28.4 Å². The van der Waals surface area contributed by atoms with Gasteiger partial charge in [0.15, 0.2) is 5.16 Å². The van der Waals surface area contributed by atoms with E-state index in [1.807, 2.05) is 29.5 Å². The Morgan fingerprint density at radius 1 is 1.06 bits per heavy atom. The van der Waals surface area contributed by atoms with E-state index in [1.165, 1.54) is 23.9 Å². The predicted molar refractivity (Wildman–Crippen MR) is 119 cm³/mol. The zero-order chi connectivity index (χ0) is 23.9. The maximum Gasteiger partial charge on any atom is 0.416 e. The number of aromatic nitrogens is 6. The van der Waals surface area contributed by atoms with Gasteiger partial charge in [0.05, 0.1) is 22.2 Å². The number of halogens is 3. The second-order valence-corrected chi connectivity index (χ2v) is 8.41. The molecule has 5 rings (SSSR count). The lowest BCUT2D eigenvalue weighted by molar-refractivity contribution is -0.137. The third-order valence-electron chi connectivity index (χ3n) is 5.19. The number of nitrogens with zero attached hydrogens (tertiary/aromatic N) is 6. The number of thioether (sulfide) groups is 1. The van der Waals surface area contributed by atoms with Gasteiger partial charge in [0.25, 0.3) is 5.56 Å². The molecule has 2 aromatic carbocycles. The van der Waals surface area contributed by atoms with Crippen LogP contribution in [0.25, 0.3) is 28.1 Å². The molecule has 0 aliphatic heterocycles. The summed E-state index contributed by atoms with van der Waals surface area (Å²) in [6, 6.07) is 11.8. The highest BCUT2D eigenvalue weighted by atomic mass is 32.2. The first-order chi connectivity index (χ1) is 16.4. The van der Waals surface area contributed by atoms with E-state index >= 15 is 0 Å². The van der Waals surface area contributed by atoms with Crippen LogP contribution in [0.5, 0.6) is 0 Å². The highest BCUT2D eigenvalue weighted by Crippen LogP contribution is 2.31. The Bertz CT molecular complexity index is 1540. The molecular formula is C22H17F3N6O2S. The van der Waals surface area contributed by atoms with Crippen molar-refractivity contribution in [2.45, 2.75) is 37.0 Å². The highest BCUT2D eigenvalue weighted by Gasteiger charge is 2.30. The summed E-state index contributed by atoms with van der Waals surface area (Å²) in [6.45, 7) is 2.49. The molecule has 0 atom stereocenters. The summed E-state index contributed by atoms with van der Waals surface area (Å²) in [5.74, 6) is 1.18. The molecule has 0 unspecified atom stereocenters. The van der Waals surface area contributed by atoms with Crippen molar-refractivity contribution in [2.24, 2.45) is 0 Å². The van der Waals surface area contributed by atoms with E-state index in [2.05, 4.69) is 20.3 Å². The summed E-state index contributed by atoms with van der Waals surface area (Å²) >= 11 is 1.30. The molecule has 0 saturated heterocycles. The number of hydrogen-bond acceptors (Lipinski definition) is 7. The van der Waals surface area contributed by atoms with Crippen LogP contribution in [0.4, 0.5) is 13.2 Å². The van der Waals surface area contributed by atoms with Crippen molar-refractivity contribution in [3.8, 4) is 11.4 Å². The van der Waals surface area contributed by atoms with Crippen molar-refractivity contribution in [2.75, 3.05) is 0 Å². The molecule has 0 aliphatic rings. The molecule has 0 fully saturated rings. The largest absolute Gasteiger partial charge is 0.416 e. The monoisotopic (exact) mass is 486 g/mol. The Kier molecular flexibility index (Phi) is 5.60. The molecule has 0 aliphatic carbocycles.